The molecule has 134 valence electrons. The molecule has 0 aliphatic rings. The molecule has 0 spiro atoms. The standard InChI is InChI=1S/C27H21N/c1-4-19-6-5-7-22-21(19)8-9-24-23(22)10-11-26-25(24)12-13-28-27(26)20-15-17(2)14-18(3)16-20/h4-16H,1H2,2-3H3. The highest BCUT2D eigenvalue weighted by atomic mass is 14.7. The molecule has 28 heavy (non-hydrogen) atoms. The normalized spacial score (nSPS) is 11.4. The largest absolute Gasteiger partial charge is 0.256 e. The number of hydrogen-bond donors (Lipinski definition) is 0. The van der Waals surface area contributed by atoms with Gasteiger partial charge in [0.1, 0.15) is 0 Å². The van der Waals surface area contributed by atoms with Gasteiger partial charge in [0, 0.05) is 17.1 Å². The molecule has 4 aromatic carbocycles. The molecule has 0 saturated carbocycles. The van der Waals surface area contributed by atoms with Crippen molar-refractivity contribution in [3.05, 3.63) is 96.2 Å². The van der Waals surface area contributed by atoms with Gasteiger partial charge in [-0.1, -0.05) is 72.3 Å². The van der Waals surface area contributed by atoms with E-state index in [4.69, 9.17) is 4.98 Å². The molecule has 0 aliphatic heterocycles. The van der Waals surface area contributed by atoms with Gasteiger partial charge in [-0.05, 0) is 64.5 Å². The number of hydrogen-bond acceptors (Lipinski definition) is 1. The predicted molar refractivity (Wildman–Crippen MR) is 122 cm³/mol. The highest BCUT2D eigenvalue weighted by Gasteiger charge is 2.11. The Kier molecular flexibility index (Phi) is 3.77. The van der Waals surface area contributed by atoms with Crippen LogP contribution in [0.25, 0.3) is 49.7 Å². The number of benzene rings is 4. The molecule has 5 aromatic rings. The van der Waals surface area contributed by atoms with Crippen LogP contribution in [0, 0.1) is 13.8 Å². The van der Waals surface area contributed by atoms with E-state index in [1.54, 1.807) is 0 Å². The van der Waals surface area contributed by atoms with Crippen LogP contribution in [0.3, 0.4) is 0 Å². The summed E-state index contributed by atoms with van der Waals surface area (Å²) in [6.07, 6.45) is 3.86. The molecule has 0 atom stereocenters. The molecule has 0 fully saturated rings. The minimum atomic E-state index is 1.05. The molecule has 0 radical (unpaired) electrons. The second-order valence-corrected chi connectivity index (χ2v) is 7.50. The third-order valence-corrected chi connectivity index (χ3v) is 5.55. The first-order valence-corrected chi connectivity index (χ1v) is 9.60. The lowest BCUT2D eigenvalue weighted by Gasteiger charge is -2.12. The van der Waals surface area contributed by atoms with Gasteiger partial charge in [-0.2, -0.15) is 0 Å². The quantitative estimate of drug-likeness (QED) is 0.298. The average molecular weight is 359 g/mol. The Morgan fingerprint density at radius 3 is 2.00 bits per heavy atom. The highest BCUT2D eigenvalue weighted by Crippen LogP contribution is 2.36. The Balaban J connectivity index is 1.87. The van der Waals surface area contributed by atoms with E-state index in [-0.39, 0.29) is 0 Å². The Morgan fingerprint density at radius 1 is 0.679 bits per heavy atom. The second kappa shape index (κ2) is 6.31. The van der Waals surface area contributed by atoms with Gasteiger partial charge in [-0.15, -0.1) is 0 Å². The van der Waals surface area contributed by atoms with Crippen LogP contribution in [0.4, 0.5) is 0 Å². The maximum Gasteiger partial charge on any atom is 0.0780 e. The number of rotatable bonds is 2. The van der Waals surface area contributed by atoms with Gasteiger partial charge in [0.2, 0.25) is 0 Å². The zero-order valence-corrected chi connectivity index (χ0v) is 16.2. The molecule has 1 aromatic heterocycles. The van der Waals surface area contributed by atoms with Crippen molar-refractivity contribution in [2.24, 2.45) is 0 Å². The van der Waals surface area contributed by atoms with E-state index >= 15 is 0 Å². The van der Waals surface area contributed by atoms with Crippen LogP contribution >= 0.6 is 0 Å². The first kappa shape index (κ1) is 16.7. The summed E-state index contributed by atoms with van der Waals surface area (Å²) in [5.74, 6) is 0. The fraction of sp³-hybridized carbons (Fsp3) is 0.0741. The minimum absolute atomic E-state index is 1.05. The van der Waals surface area contributed by atoms with E-state index in [9.17, 15) is 0 Å². The predicted octanol–water partition coefficient (Wildman–Crippen LogP) is 7.47. The lowest BCUT2D eigenvalue weighted by molar-refractivity contribution is 1.33. The van der Waals surface area contributed by atoms with Crippen molar-refractivity contribution in [3.63, 3.8) is 0 Å². The van der Waals surface area contributed by atoms with Gasteiger partial charge in [0.15, 0.2) is 0 Å². The molecular formula is C27H21N. The van der Waals surface area contributed by atoms with Crippen molar-refractivity contribution in [3.8, 4) is 11.3 Å². The third kappa shape index (κ3) is 2.51. The molecule has 0 bridgehead atoms. The van der Waals surface area contributed by atoms with E-state index in [0.29, 0.717) is 0 Å². The summed E-state index contributed by atoms with van der Waals surface area (Å²) in [5, 5.41) is 7.48. The second-order valence-electron chi connectivity index (χ2n) is 7.50. The fourth-order valence-electron chi connectivity index (χ4n) is 4.38. The van der Waals surface area contributed by atoms with Crippen LogP contribution in [0.2, 0.25) is 0 Å². The van der Waals surface area contributed by atoms with Crippen molar-refractivity contribution in [1.82, 2.24) is 4.98 Å². The van der Waals surface area contributed by atoms with Crippen LogP contribution in [0.5, 0.6) is 0 Å². The molecule has 1 nitrogen and oxygen atoms in total. The van der Waals surface area contributed by atoms with Crippen LogP contribution in [-0.4, -0.2) is 4.98 Å². The summed E-state index contributed by atoms with van der Waals surface area (Å²) in [6.45, 7) is 8.24. The Bertz CT molecular complexity index is 1370. The number of pyridine rings is 1. The van der Waals surface area contributed by atoms with Crippen molar-refractivity contribution in [2.45, 2.75) is 13.8 Å². The minimum Gasteiger partial charge on any atom is -0.256 e. The summed E-state index contributed by atoms with van der Waals surface area (Å²) >= 11 is 0. The molecule has 5 rings (SSSR count). The van der Waals surface area contributed by atoms with Gasteiger partial charge in [-0.3, -0.25) is 4.98 Å². The SMILES string of the molecule is C=Cc1cccc2c1ccc1c3ccnc(-c4cc(C)cc(C)c4)c3ccc21. The van der Waals surface area contributed by atoms with Crippen LogP contribution < -0.4 is 0 Å². The monoisotopic (exact) mass is 359 g/mol. The van der Waals surface area contributed by atoms with Crippen molar-refractivity contribution in [1.29, 1.82) is 0 Å². The Morgan fingerprint density at radius 2 is 1.29 bits per heavy atom. The lowest BCUT2D eigenvalue weighted by atomic mass is 9.93. The van der Waals surface area contributed by atoms with Crippen LogP contribution in [0.15, 0.2) is 79.5 Å². The molecule has 1 heterocycles. The van der Waals surface area contributed by atoms with Gasteiger partial charge < -0.3 is 0 Å². The molecular weight excluding hydrogens is 338 g/mol. The van der Waals surface area contributed by atoms with Gasteiger partial charge in [0.25, 0.3) is 0 Å². The summed E-state index contributed by atoms with van der Waals surface area (Å²) in [5.41, 5.74) is 5.92. The number of nitrogens with zero attached hydrogens (tertiary/aromatic N) is 1. The average Bonchev–Trinajstić information content (AvgIpc) is 2.71. The van der Waals surface area contributed by atoms with Crippen LogP contribution in [0.1, 0.15) is 16.7 Å². The fourth-order valence-corrected chi connectivity index (χ4v) is 4.38. The summed E-state index contributed by atoms with van der Waals surface area (Å²) in [4.78, 5) is 4.74. The third-order valence-electron chi connectivity index (χ3n) is 5.55. The highest BCUT2D eigenvalue weighted by molar-refractivity contribution is 6.19. The van der Waals surface area contributed by atoms with Gasteiger partial charge >= 0.3 is 0 Å². The van der Waals surface area contributed by atoms with Crippen LogP contribution in [-0.2, 0) is 0 Å². The molecule has 0 unspecified atom stereocenters. The Labute approximate surface area is 165 Å². The first-order chi connectivity index (χ1) is 13.7. The van der Waals surface area contributed by atoms with Gasteiger partial charge in [-0.25, -0.2) is 0 Å². The van der Waals surface area contributed by atoms with Gasteiger partial charge in [0.05, 0.1) is 5.69 Å². The smallest absolute Gasteiger partial charge is 0.0780 e. The van der Waals surface area contributed by atoms with E-state index < -0.39 is 0 Å². The van der Waals surface area contributed by atoms with Crippen molar-refractivity contribution < 1.29 is 0 Å². The van der Waals surface area contributed by atoms with E-state index in [0.717, 1.165) is 5.69 Å². The van der Waals surface area contributed by atoms with Crippen molar-refractivity contribution in [2.75, 3.05) is 0 Å². The number of fused-ring (bicyclic) bond motifs is 5. The molecule has 0 aliphatic carbocycles. The van der Waals surface area contributed by atoms with E-state index in [2.05, 4.69) is 87.2 Å². The zero-order valence-electron chi connectivity index (χ0n) is 16.2. The topological polar surface area (TPSA) is 12.9 Å². The van der Waals surface area contributed by atoms with E-state index in [1.807, 2.05) is 12.3 Å². The Hall–Kier alpha value is -3.45. The molecule has 0 saturated heterocycles. The summed E-state index contributed by atoms with van der Waals surface area (Å²) in [7, 11) is 0. The number of aromatic nitrogens is 1. The zero-order chi connectivity index (χ0) is 19.3. The summed E-state index contributed by atoms with van der Waals surface area (Å²) in [6, 6.07) is 24.1. The summed E-state index contributed by atoms with van der Waals surface area (Å²) < 4.78 is 0. The molecule has 0 N–H and O–H groups in total. The lowest BCUT2D eigenvalue weighted by Crippen LogP contribution is -1.90. The molecule has 1 heteroatoms. The number of aryl methyl sites for hydroxylation is 2. The van der Waals surface area contributed by atoms with E-state index in [1.165, 1.54) is 54.6 Å². The van der Waals surface area contributed by atoms with Crippen molar-refractivity contribution >= 4 is 38.4 Å². The molecule has 0 amide bonds. The maximum absolute atomic E-state index is 4.74. The maximum atomic E-state index is 4.74. The first-order valence-electron chi connectivity index (χ1n) is 9.60.